The van der Waals surface area contributed by atoms with Crippen molar-refractivity contribution in [1.82, 2.24) is 15.2 Å². The molecule has 2 amide bonds. The number of carbonyl (C=O) groups excluding carboxylic acids is 2. The fraction of sp³-hybridized carbons (Fsp3) is 0.240. The van der Waals surface area contributed by atoms with Crippen LogP contribution in [0.2, 0.25) is 0 Å². The van der Waals surface area contributed by atoms with Gasteiger partial charge in [-0.1, -0.05) is 42.5 Å². The van der Waals surface area contributed by atoms with Crippen LogP contribution in [-0.4, -0.2) is 41.0 Å². The number of ether oxygens (including phenoxy) is 1. The first-order valence-corrected chi connectivity index (χ1v) is 10.6. The molecule has 0 spiro atoms. The quantitative estimate of drug-likeness (QED) is 0.647. The van der Waals surface area contributed by atoms with Crippen molar-refractivity contribution in [3.63, 3.8) is 0 Å². The highest BCUT2D eigenvalue weighted by molar-refractivity contribution is 5.94. The van der Waals surface area contributed by atoms with Crippen molar-refractivity contribution in [1.29, 1.82) is 0 Å². The Morgan fingerprint density at radius 3 is 2.50 bits per heavy atom. The summed E-state index contributed by atoms with van der Waals surface area (Å²) in [4.78, 5) is 30.8. The topological polar surface area (TPSA) is 71.5 Å². The van der Waals surface area contributed by atoms with Crippen LogP contribution in [-0.2, 0) is 11.3 Å². The second-order valence-corrected chi connectivity index (χ2v) is 7.72. The molecule has 1 fully saturated rings. The highest BCUT2D eigenvalue weighted by Crippen LogP contribution is 2.18. The summed E-state index contributed by atoms with van der Waals surface area (Å²) in [6.45, 7) is 1.29. The highest BCUT2D eigenvalue weighted by Gasteiger charge is 2.25. The van der Waals surface area contributed by atoms with E-state index in [1.165, 1.54) is 18.3 Å². The Labute approximate surface area is 186 Å². The standard InChI is InChI=1S/C25H24FN3O3/c26-21-8-4-7-19(15-21)23-10-9-20(16-27-23)24(30)28-22-11-13-29(14-12-22)25(31)32-17-18-5-2-1-3-6-18/h1-10,15-16,22H,11-14,17H2,(H,28,30). The van der Waals surface area contributed by atoms with Crippen LogP contribution >= 0.6 is 0 Å². The molecule has 7 heteroatoms. The van der Waals surface area contributed by atoms with Gasteiger partial charge in [-0.3, -0.25) is 9.78 Å². The minimum Gasteiger partial charge on any atom is -0.445 e. The molecule has 0 radical (unpaired) electrons. The number of rotatable bonds is 5. The van der Waals surface area contributed by atoms with Gasteiger partial charge in [0.15, 0.2) is 0 Å². The third kappa shape index (κ3) is 5.49. The van der Waals surface area contributed by atoms with E-state index < -0.39 is 0 Å². The molecule has 2 heterocycles. The van der Waals surface area contributed by atoms with E-state index in [0.29, 0.717) is 42.8 Å². The van der Waals surface area contributed by atoms with Gasteiger partial charge in [0.05, 0.1) is 11.3 Å². The molecule has 4 rings (SSSR count). The summed E-state index contributed by atoms with van der Waals surface area (Å²) in [6, 6.07) is 19.1. The first kappa shape index (κ1) is 21.5. The molecule has 2 aromatic carbocycles. The second-order valence-electron chi connectivity index (χ2n) is 7.72. The van der Waals surface area contributed by atoms with E-state index in [1.54, 1.807) is 29.2 Å². The van der Waals surface area contributed by atoms with E-state index in [0.717, 1.165) is 5.56 Å². The fourth-order valence-corrected chi connectivity index (χ4v) is 3.63. The minimum atomic E-state index is -0.337. The zero-order chi connectivity index (χ0) is 22.3. The van der Waals surface area contributed by atoms with Crippen molar-refractivity contribution >= 4 is 12.0 Å². The molecule has 0 aliphatic carbocycles. The summed E-state index contributed by atoms with van der Waals surface area (Å²) in [5.41, 5.74) is 2.64. The van der Waals surface area contributed by atoms with Crippen molar-refractivity contribution < 1.29 is 18.7 Å². The molecule has 1 saturated heterocycles. The van der Waals surface area contributed by atoms with Gasteiger partial charge >= 0.3 is 6.09 Å². The number of hydrogen-bond acceptors (Lipinski definition) is 4. The average Bonchev–Trinajstić information content (AvgIpc) is 2.84. The normalized spacial score (nSPS) is 14.1. The number of nitrogens with one attached hydrogen (secondary N) is 1. The fourth-order valence-electron chi connectivity index (χ4n) is 3.63. The van der Waals surface area contributed by atoms with E-state index in [2.05, 4.69) is 10.3 Å². The van der Waals surface area contributed by atoms with Crippen LogP contribution < -0.4 is 5.32 Å². The number of aromatic nitrogens is 1. The molecular weight excluding hydrogens is 409 g/mol. The molecule has 1 N–H and O–H groups in total. The third-order valence-electron chi connectivity index (χ3n) is 5.44. The predicted molar refractivity (Wildman–Crippen MR) is 118 cm³/mol. The Bertz CT molecular complexity index is 1070. The van der Waals surface area contributed by atoms with Crippen molar-refractivity contribution in [2.45, 2.75) is 25.5 Å². The minimum absolute atomic E-state index is 0.0245. The molecule has 0 unspecified atom stereocenters. The number of carbonyl (C=O) groups is 2. The Morgan fingerprint density at radius 1 is 1.03 bits per heavy atom. The molecule has 164 valence electrons. The summed E-state index contributed by atoms with van der Waals surface area (Å²) in [7, 11) is 0. The maximum Gasteiger partial charge on any atom is 0.410 e. The number of amides is 2. The zero-order valence-electron chi connectivity index (χ0n) is 17.5. The van der Waals surface area contributed by atoms with Gasteiger partial charge in [0.1, 0.15) is 12.4 Å². The molecule has 0 bridgehead atoms. The van der Waals surface area contributed by atoms with Crippen LogP contribution in [0.1, 0.15) is 28.8 Å². The number of nitrogens with zero attached hydrogens (tertiary/aromatic N) is 2. The Balaban J connectivity index is 1.25. The summed E-state index contributed by atoms with van der Waals surface area (Å²) < 4.78 is 18.8. The zero-order valence-corrected chi connectivity index (χ0v) is 17.5. The Hall–Kier alpha value is -3.74. The van der Waals surface area contributed by atoms with Gasteiger partial charge in [0, 0.05) is 30.9 Å². The maximum absolute atomic E-state index is 13.4. The van der Waals surface area contributed by atoms with Crippen LogP contribution in [0.15, 0.2) is 72.9 Å². The second kappa shape index (κ2) is 10.0. The summed E-state index contributed by atoms with van der Waals surface area (Å²) in [6.07, 6.45) is 2.46. The number of benzene rings is 2. The first-order chi connectivity index (χ1) is 15.6. The molecule has 0 atom stereocenters. The molecular formula is C25H24FN3O3. The van der Waals surface area contributed by atoms with Gasteiger partial charge in [-0.25, -0.2) is 9.18 Å². The Kier molecular flexibility index (Phi) is 6.75. The molecule has 0 saturated carbocycles. The summed E-state index contributed by atoms with van der Waals surface area (Å²) >= 11 is 0. The molecule has 1 aliphatic heterocycles. The molecule has 1 aromatic heterocycles. The van der Waals surface area contributed by atoms with Gasteiger partial charge in [-0.2, -0.15) is 0 Å². The van der Waals surface area contributed by atoms with Crippen LogP contribution in [0.4, 0.5) is 9.18 Å². The molecule has 1 aliphatic rings. The summed E-state index contributed by atoms with van der Waals surface area (Å²) in [5.74, 6) is -0.546. The van der Waals surface area contributed by atoms with Crippen LogP contribution in [0, 0.1) is 5.82 Å². The Morgan fingerprint density at radius 2 is 1.81 bits per heavy atom. The number of halogens is 1. The van der Waals surface area contributed by atoms with Crippen LogP contribution in [0.3, 0.4) is 0 Å². The predicted octanol–water partition coefficient (Wildman–Crippen LogP) is 4.42. The third-order valence-corrected chi connectivity index (χ3v) is 5.44. The van der Waals surface area contributed by atoms with Crippen molar-refractivity contribution in [2.24, 2.45) is 0 Å². The highest BCUT2D eigenvalue weighted by atomic mass is 19.1. The van der Waals surface area contributed by atoms with Crippen LogP contribution in [0.25, 0.3) is 11.3 Å². The lowest BCUT2D eigenvalue weighted by molar-refractivity contribution is 0.0809. The maximum atomic E-state index is 13.4. The molecule has 32 heavy (non-hydrogen) atoms. The SMILES string of the molecule is O=C(NC1CCN(C(=O)OCc2ccccc2)CC1)c1ccc(-c2cccc(F)c2)nc1. The van der Waals surface area contributed by atoms with Crippen LogP contribution in [0.5, 0.6) is 0 Å². The van der Waals surface area contributed by atoms with Gasteiger partial charge < -0.3 is 15.0 Å². The van der Waals surface area contributed by atoms with Crippen molar-refractivity contribution in [3.05, 3.63) is 89.9 Å². The van der Waals surface area contributed by atoms with E-state index in [-0.39, 0.29) is 30.5 Å². The number of pyridine rings is 1. The van der Waals surface area contributed by atoms with Gasteiger partial charge in [0.25, 0.3) is 5.91 Å². The van der Waals surface area contributed by atoms with E-state index in [9.17, 15) is 14.0 Å². The van der Waals surface area contributed by atoms with E-state index >= 15 is 0 Å². The summed E-state index contributed by atoms with van der Waals surface area (Å²) in [5, 5.41) is 3.00. The monoisotopic (exact) mass is 433 g/mol. The number of piperidine rings is 1. The first-order valence-electron chi connectivity index (χ1n) is 10.6. The van der Waals surface area contributed by atoms with Crippen molar-refractivity contribution in [3.8, 4) is 11.3 Å². The molecule has 3 aromatic rings. The number of likely N-dealkylation sites (tertiary alicyclic amines) is 1. The smallest absolute Gasteiger partial charge is 0.410 e. The molecule has 6 nitrogen and oxygen atoms in total. The van der Waals surface area contributed by atoms with Gasteiger partial charge in [0.2, 0.25) is 0 Å². The average molecular weight is 433 g/mol. The van der Waals surface area contributed by atoms with Crippen molar-refractivity contribution in [2.75, 3.05) is 13.1 Å². The van der Waals surface area contributed by atoms with E-state index in [4.69, 9.17) is 4.74 Å². The lowest BCUT2D eigenvalue weighted by atomic mass is 10.0. The van der Waals surface area contributed by atoms with Gasteiger partial charge in [-0.05, 0) is 42.7 Å². The van der Waals surface area contributed by atoms with Gasteiger partial charge in [-0.15, -0.1) is 0 Å². The lowest BCUT2D eigenvalue weighted by Crippen LogP contribution is -2.46. The largest absolute Gasteiger partial charge is 0.445 e. The van der Waals surface area contributed by atoms with E-state index in [1.807, 2.05) is 30.3 Å². The number of hydrogen-bond donors (Lipinski definition) is 1. The lowest BCUT2D eigenvalue weighted by Gasteiger charge is -2.31.